The van der Waals surface area contributed by atoms with Gasteiger partial charge in [0.2, 0.25) is 0 Å². The third-order valence-electron chi connectivity index (χ3n) is 4.12. The van der Waals surface area contributed by atoms with Gasteiger partial charge in [-0.2, -0.15) is 0 Å². The number of para-hydroxylation sites is 2. The summed E-state index contributed by atoms with van der Waals surface area (Å²) in [6.45, 7) is 0. The van der Waals surface area contributed by atoms with E-state index in [1.807, 2.05) is 42.5 Å². The van der Waals surface area contributed by atoms with Crippen LogP contribution in [0.3, 0.4) is 0 Å². The van der Waals surface area contributed by atoms with E-state index in [-0.39, 0.29) is 11.6 Å². The maximum Gasteiger partial charge on any atom is 0.365 e. The van der Waals surface area contributed by atoms with E-state index in [1.165, 1.54) is 12.1 Å². The number of hydrogen-bond donors (Lipinski definition) is 0. The standard InChI is InChI=1S/C21H13ClN2O3/c22-15-12-10-14(11-13-15)21(26)27-23-19-17-8-4-5-9-18(17)24(20(19)25)16-6-2-1-3-7-16/h1-13H/b23-19+. The fraction of sp³-hybridized carbons (Fsp3) is 0. The number of carbonyl (C=O) groups excluding carboxylic acids is 2. The first-order valence-corrected chi connectivity index (χ1v) is 8.57. The quantitative estimate of drug-likeness (QED) is 0.496. The number of amides is 1. The Morgan fingerprint density at radius 2 is 1.56 bits per heavy atom. The molecular formula is C21H13ClN2O3. The first-order chi connectivity index (χ1) is 13.1. The Labute approximate surface area is 160 Å². The summed E-state index contributed by atoms with van der Waals surface area (Å²) in [5.74, 6) is -1.02. The molecule has 3 aromatic carbocycles. The molecule has 4 rings (SSSR count). The molecule has 1 aliphatic heterocycles. The molecule has 132 valence electrons. The van der Waals surface area contributed by atoms with E-state index in [4.69, 9.17) is 16.4 Å². The van der Waals surface area contributed by atoms with Gasteiger partial charge in [-0.15, -0.1) is 0 Å². The third-order valence-corrected chi connectivity index (χ3v) is 4.37. The Morgan fingerprint density at radius 1 is 0.889 bits per heavy atom. The number of benzene rings is 3. The van der Waals surface area contributed by atoms with Crippen LogP contribution in [0.4, 0.5) is 11.4 Å². The van der Waals surface area contributed by atoms with Crippen molar-refractivity contribution >= 4 is 40.6 Å². The minimum atomic E-state index is -0.664. The smallest absolute Gasteiger partial charge is 0.312 e. The number of oxime groups is 1. The topological polar surface area (TPSA) is 59.0 Å². The maximum absolute atomic E-state index is 12.9. The molecule has 0 fully saturated rings. The van der Waals surface area contributed by atoms with Crippen LogP contribution in [-0.4, -0.2) is 17.6 Å². The van der Waals surface area contributed by atoms with Crippen molar-refractivity contribution in [2.24, 2.45) is 5.16 Å². The van der Waals surface area contributed by atoms with Crippen molar-refractivity contribution in [1.29, 1.82) is 0 Å². The minimum absolute atomic E-state index is 0.0803. The monoisotopic (exact) mass is 376 g/mol. The second-order valence-electron chi connectivity index (χ2n) is 5.82. The normalized spacial score (nSPS) is 14.3. The zero-order chi connectivity index (χ0) is 18.8. The lowest BCUT2D eigenvalue weighted by molar-refractivity contribution is -0.111. The molecule has 0 saturated carbocycles. The fourth-order valence-corrected chi connectivity index (χ4v) is 2.97. The number of rotatable bonds is 3. The first-order valence-electron chi connectivity index (χ1n) is 8.19. The van der Waals surface area contributed by atoms with Crippen LogP contribution in [-0.2, 0) is 9.63 Å². The van der Waals surface area contributed by atoms with E-state index in [2.05, 4.69) is 5.16 Å². The van der Waals surface area contributed by atoms with Gasteiger partial charge in [0.15, 0.2) is 5.71 Å². The SMILES string of the molecule is O=C(O/N=C1/C(=O)N(c2ccccc2)c2ccccc21)c1ccc(Cl)cc1. The Hall–Kier alpha value is -3.44. The molecule has 1 amide bonds. The van der Waals surface area contributed by atoms with Crippen LogP contribution in [0.1, 0.15) is 15.9 Å². The van der Waals surface area contributed by atoms with Gasteiger partial charge in [0.25, 0.3) is 5.91 Å². The second kappa shape index (κ2) is 7.05. The van der Waals surface area contributed by atoms with E-state index < -0.39 is 5.97 Å². The summed E-state index contributed by atoms with van der Waals surface area (Å²) in [6, 6.07) is 22.7. The van der Waals surface area contributed by atoms with Crippen LogP contribution in [0, 0.1) is 0 Å². The lowest BCUT2D eigenvalue weighted by Crippen LogP contribution is -2.25. The van der Waals surface area contributed by atoms with Gasteiger partial charge in [-0.25, -0.2) is 4.79 Å². The maximum atomic E-state index is 12.9. The van der Waals surface area contributed by atoms with E-state index in [0.717, 1.165) is 0 Å². The van der Waals surface area contributed by atoms with Crippen molar-refractivity contribution in [3.63, 3.8) is 0 Å². The molecule has 0 aromatic heterocycles. The van der Waals surface area contributed by atoms with Crippen LogP contribution in [0.15, 0.2) is 84.0 Å². The van der Waals surface area contributed by atoms with E-state index >= 15 is 0 Å². The molecule has 1 aliphatic rings. The van der Waals surface area contributed by atoms with Crippen molar-refractivity contribution in [2.75, 3.05) is 4.90 Å². The predicted octanol–water partition coefficient (Wildman–Crippen LogP) is 4.58. The van der Waals surface area contributed by atoms with Crippen LogP contribution < -0.4 is 4.90 Å². The molecule has 5 nitrogen and oxygen atoms in total. The molecule has 0 saturated heterocycles. The molecule has 0 atom stereocenters. The Morgan fingerprint density at radius 3 is 2.30 bits per heavy atom. The van der Waals surface area contributed by atoms with Crippen LogP contribution >= 0.6 is 11.6 Å². The molecule has 0 spiro atoms. The second-order valence-corrected chi connectivity index (χ2v) is 6.26. The van der Waals surface area contributed by atoms with Crippen molar-refractivity contribution in [3.8, 4) is 0 Å². The average molecular weight is 377 g/mol. The van der Waals surface area contributed by atoms with Gasteiger partial charge in [-0.05, 0) is 42.5 Å². The van der Waals surface area contributed by atoms with Crippen LogP contribution in [0.2, 0.25) is 5.02 Å². The number of hydrogen-bond acceptors (Lipinski definition) is 4. The molecule has 6 heteroatoms. The molecule has 0 N–H and O–H groups in total. The first kappa shape index (κ1) is 17.0. The number of carbonyl (C=O) groups is 2. The predicted molar refractivity (Wildman–Crippen MR) is 103 cm³/mol. The fourth-order valence-electron chi connectivity index (χ4n) is 2.85. The van der Waals surface area contributed by atoms with Crippen molar-refractivity contribution in [3.05, 3.63) is 95.0 Å². The van der Waals surface area contributed by atoms with Gasteiger partial charge in [0.1, 0.15) is 0 Å². The van der Waals surface area contributed by atoms with Crippen LogP contribution in [0.25, 0.3) is 0 Å². The largest absolute Gasteiger partial charge is 0.365 e. The molecule has 0 radical (unpaired) electrons. The van der Waals surface area contributed by atoms with Crippen molar-refractivity contribution in [1.82, 2.24) is 0 Å². The van der Waals surface area contributed by atoms with Gasteiger partial charge >= 0.3 is 5.97 Å². The number of fused-ring (bicyclic) bond motifs is 1. The lowest BCUT2D eigenvalue weighted by atomic mass is 10.1. The third kappa shape index (κ3) is 3.20. The summed E-state index contributed by atoms with van der Waals surface area (Å²) >= 11 is 5.82. The highest BCUT2D eigenvalue weighted by Gasteiger charge is 2.35. The van der Waals surface area contributed by atoms with Crippen molar-refractivity contribution in [2.45, 2.75) is 0 Å². The Kier molecular flexibility index (Phi) is 4.44. The molecule has 27 heavy (non-hydrogen) atoms. The summed E-state index contributed by atoms with van der Waals surface area (Å²) in [6.07, 6.45) is 0. The Balaban J connectivity index is 1.67. The summed E-state index contributed by atoms with van der Waals surface area (Å²) in [5, 5.41) is 4.37. The van der Waals surface area contributed by atoms with Gasteiger partial charge < -0.3 is 4.84 Å². The summed E-state index contributed by atoms with van der Waals surface area (Å²) < 4.78 is 0. The molecule has 0 bridgehead atoms. The molecular weight excluding hydrogens is 364 g/mol. The molecule has 0 unspecified atom stereocenters. The molecule has 0 aliphatic carbocycles. The van der Waals surface area contributed by atoms with Crippen molar-refractivity contribution < 1.29 is 14.4 Å². The Bertz CT molecular complexity index is 1050. The molecule has 3 aromatic rings. The van der Waals surface area contributed by atoms with E-state index in [9.17, 15) is 9.59 Å². The lowest BCUT2D eigenvalue weighted by Gasteiger charge is -2.16. The average Bonchev–Trinajstić information content (AvgIpc) is 2.98. The zero-order valence-electron chi connectivity index (χ0n) is 14.0. The molecule has 1 heterocycles. The van der Waals surface area contributed by atoms with Gasteiger partial charge in [0.05, 0.1) is 11.3 Å². The van der Waals surface area contributed by atoms with Crippen LogP contribution in [0.5, 0.6) is 0 Å². The van der Waals surface area contributed by atoms with E-state index in [1.54, 1.807) is 29.2 Å². The minimum Gasteiger partial charge on any atom is -0.312 e. The summed E-state index contributed by atoms with van der Waals surface area (Å²) in [4.78, 5) is 31.7. The highest BCUT2D eigenvalue weighted by atomic mass is 35.5. The van der Waals surface area contributed by atoms with Gasteiger partial charge in [-0.1, -0.05) is 53.2 Å². The number of anilines is 2. The number of nitrogens with zero attached hydrogens (tertiary/aromatic N) is 2. The zero-order valence-corrected chi connectivity index (χ0v) is 14.8. The number of halogens is 1. The summed E-state index contributed by atoms with van der Waals surface area (Å²) in [5.41, 5.74) is 2.38. The van der Waals surface area contributed by atoms with Gasteiger partial charge in [-0.3, -0.25) is 9.69 Å². The highest BCUT2D eigenvalue weighted by molar-refractivity contribution is 6.55. The van der Waals surface area contributed by atoms with Gasteiger partial charge in [0, 0.05) is 16.3 Å². The summed E-state index contributed by atoms with van der Waals surface area (Å²) in [7, 11) is 0. The highest BCUT2D eigenvalue weighted by Crippen LogP contribution is 2.35. The van der Waals surface area contributed by atoms with E-state index in [0.29, 0.717) is 27.5 Å².